The molecule has 0 aliphatic carbocycles. The first-order valence-corrected chi connectivity index (χ1v) is 11.6. The maximum atomic E-state index is 12.4. The quantitative estimate of drug-likeness (QED) is 0.489. The lowest BCUT2D eigenvalue weighted by Crippen LogP contribution is -2.48. The molecule has 0 spiro atoms. The average molecular weight is 402 g/mol. The van der Waals surface area contributed by atoms with E-state index in [2.05, 4.69) is 36.2 Å². The number of anilines is 2. The van der Waals surface area contributed by atoms with Crippen LogP contribution in [-0.2, 0) is 9.59 Å². The fraction of sp³-hybridized carbons (Fsp3) is 0.667. The number of rotatable bonds is 12. The van der Waals surface area contributed by atoms with E-state index in [1.807, 2.05) is 17.0 Å². The molecule has 5 heteroatoms. The summed E-state index contributed by atoms with van der Waals surface area (Å²) in [7, 11) is 0. The second-order valence-corrected chi connectivity index (χ2v) is 8.08. The lowest BCUT2D eigenvalue weighted by Gasteiger charge is -2.36. The highest BCUT2D eigenvalue weighted by atomic mass is 16.2. The fourth-order valence-corrected chi connectivity index (χ4v) is 3.77. The molecule has 1 N–H and O–H groups in total. The first-order chi connectivity index (χ1) is 14.1. The molecule has 0 unspecified atom stereocenters. The first kappa shape index (κ1) is 23.2. The number of carbonyl (C=O) groups is 2. The van der Waals surface area contributed by atoms with Crippen molar-refractivity contribution in [3.8, 4) is 0 Å². The van der Waals surface area contributed by atoms with Crippen LogP contribution in [0.5, 0.6) is 0 Å². The molecule has 29 heavy (non-hydrogen) atoms. The monoisotopic (exact) mass is 401 g/mol. The predicted octanol–water partition coefficient (Wildman–Crippen LogP) is 5.21. The van der Waals surface area contributed by atoms with Crippen LogP contribution in [0.1, 0.15) is 78.1 Å². The highest BCUT2D eigenvalue weighted by molar-refractivity contribution is 5.90. The Balaban J connectivity index is 1.70. The Morgan fingerprint density at radius 1 is 0.793 bits per heavy atom. The second-order valence-electron chi connectivity index (χ2n) is 8.08. The van der Waals surface area contributed by atoms with Gasteiger partial charge in [0.15, 0.2) is 0 Å². The number of unbranched alkanes of at least 4 members (excludes halogenated alkanes) is 6. The Labute approximate surface area is 176 Å². The number of piperazine rings is 1. The number of hydrogen-bond acceptors (Lipinski definition) is 3. The van der Waals surface area contributed by atoms with Gasteiger partial charge in [0.25, 0.3) is 0 Å². The molecule has 162 valence electrons. The number of amides is 2. The molecule has 0 radical (unpaired) electrons. The summed E-state index contributed by atoms with van der Waals surface area (Å²) in [5, 5.41) is 2.97. The molecule has 1 saturated heterocycles. The number of hydrogen-bond donors (Lipinski definition) is 1. The summed E-state index contributed by atoms with van der Waals surface area (Å²) < 4.78 is 0. The zero-order valence-corrected chi connectivity index (χ0v) is 18.4. The van der Waals surface area contributed by atoms with Gasteiger partial charge >= 0.3 is 0 Å². The summed E-state index contributed by atoms with van der Waals surface area (Å²) in [5.74, 6) is 0.398. The van der Waals surface area contributed by atoms with Crippen LogP contribution in [0.15, 0.2) is 24.3 Å². The van der Waals surface area contributed by atoms with Crippen molar-refractivity contribution in [2.75, 3.05) is 36.4 Å². The topological polar surface area (TPSA) is 52.7 Å². The zero-order valence-electron chi connectivity index (χ0n) is 18.4. The molecule has 0 saturated carbocycles. The number of nitrogens with one attached hydrogen (secondary N) is 1. The molecule has 2 amide bonds. The molecular formula is C24H39N3O2. The minimum Gasteiger partial charge on any atom is -0.368 e. The third-order valence-corrected chi connectivity index (χ3v) is 5.65. The van der Waals surface area contributed by atoms with E-state index in [1.165, 1.54) is 25.7 Å². The predicted molar refractivity (Wildman–Crippen MR) is 121 cm³/mol. The summed E-state index contributed by atoms with van der Waals surface area (Å²) in [6.07, 6.45) is 10.4. The van der Waals surface area contributed by atoms with Gasteiger partial charge in [-0.15, -0.1) is 0 Å². The SMILES string of the molecule is CCCCCCCC(=O)N1CCN(c2ccc(NC(=O)CCCCC)cc2)CC1. The Bertz CT molecular complexity index is 607. The molecule has 1 fully saturated rings. The van der Waals surface area contributed by atoms with Gasteiger partial charge in [-0.25, -0.2) is 0 Å². The normalized spacial score (nSPS) is 14.1. The number of benzene rings is 1. The molecule has 1 aromatic carbocycles. The van der Waals surface area contributed by atoms with Gasteiger partial charge in [-0.1, -0.05) is 52.4 Å². The van der Waals surface area contributed by atoms with E-state index in [9.17, 15) is 9.59 Å². The molecule has 1 heterocycles. The molecular weight excluding hydrogens is 362 g/mol. The van der Waals surface area contributed by atoms with Crippen molar-refractivity contribution < 1.29 is 9.59 Å². The summed E-state index contributed by atoms with van der Waals surface area (Å²) in [4.78, 5) is 28.7. The number of nitrogens with zero attached hydrogens (tertiary/aromatic N) is 2. The summed E-state index contributed by atoms with van der Waals surface area (Å²) in [6, 6.07) is 8.07. The molecule has 0 aromatic heterocycles. The molecule has 1 aliphatic heterocycles. The van der Waals surface area contributed by atoms with Crippen molar-refractivity contribution in [2.24, 2.45) is 0 Å². The Kier molecular flexibility index (Phi) is 10.6. The van der Waals surface area contributed by atoms with Crippen molar-refractivity contribution >= 4 is 23.2 Å². The van der Waals surface area contributed by atoms with Crippen LogP contribution in [0.25, 0.3) is 0 Å². The Morgan fingerprint density at radius 3 is 2.03 bits per heavy atom. The zero-order chi connectivity index (χ0) is 20.9. The van der Waals surface area contributed by atoms with Gasteiger partial charge in [0.05, 0.1) is 0 Å². The summed E-state index contributed by atoms with van der Waals surface area (Å²) in [6.45, 7) is 7.67. The van der Waals surface area contributed by atoms with Gasteiger partial charge in [0.1, 0.15) is 0 Å². The van der Waals surface area contributed by atoms with Crippen molar-refractivity contribution in [1.29, 1.82) is 0 Å². The fourth-order valence-electron chi connectivity index (χ4n) is 3.77. The lowest BCUT2D eigenvalue weighted by atomic mass is 10.1. The average Bonchev–Trinajstić information content (AvgIpc) is 2.74. The van der Waals surface area contributed by atoms with Gasteiger partial charge in [0, 0.05) is 50.4 Å². The first-order valence-electron chi connectivity index (χ1n) is 11.6. The van der Waals surface area contributed by atoms with Crippen LogP contribution in [0.2, 0.25) is 0 Å². The minimum absolute atomic E-state index is 0.0908. The molecule has 1 aliphatic rings. The highest BCUT2D eigenvalue weighted by Crippen LogP contribution is 2.20. The van der Waals surface area contributed by atoms with E-state index in [-0.39, 0.29) is 5.91 Å². The third kappa shape index (κ3) is 8.46. The van der Waals surface area contributed by atoms with Gasteiger partial charge in [-0.2, -0.15) is 0 Å². The highest BCUT2D eigenvalue weighted by Gasteiger charge is 2.20. The second kappa shape index (κ2) is 13.2. The Morgan fingerprint density at radius 2 is 1.38 bits per heavy atom. The van der Waals surface area contributed by atoms with Crippen molar-refractivity contribution in [2.45, 2.75) is 78.1 Å². The van der Waals surface area contributed by atoms with Crippen LogP contribution < -0.4 is 10.2 Å². The van der Waals surface area contributed by atoms with E-state index >= 15 is 0 Å². The van der Waals surface area contributed by atoms with E-state index in [1.54, 1.807) is 0 Å². The maximum absolute atomic E-state index is 12.4. The molecule has 5 nitrogen and oxygen atoms in total. The lowest BCUT2D eigenvalue weighted by molar-refractivity contribution is -0.131. The van der Waals surface area contributed by atoms with Crippen molar-refractivity contribution in [3.63, 3.8) is 0 Å². The van der Waals surface area contributed by atoms with Crippen LogP contribution in [0.4, 0.5) is 11.4 Å². The van der Waals surface area contributed by atoms with Gasteiger partial charge in [-0.05, 0) is 37.1 Å². The van der Waals surface area contributed by atoms with Crippen molar-refractivity contribution in [1.82, 2.24) is 4.90 Å². The maximum Gasteiger partial charge on any atom is 0.224 e. The van der Waals surface area contributed by atoms with Crippen LogP contribution in [-0.4, -0.2) is 42.9 Å². The van der Waals surface area contributed by atoms with Crippen LogP contribution >= 0.6 is 0 Å². The molecule has 2 rings (SSSR count). The van der Waals surface area contributed by atoms with E-state index < -0.39 is 0 Å². The standard InChI is InChI=1S/C24H39N3O2/c1-3-5-7-8-10-12-24(29)27-19-17-26(18-20-27)22-15-13-21(14-16-22)25-23(28)11-9-6-4-2/h13-16H,3-12,17-20H2,1-2H3,(H,25,28). The van der Waals surface area contributed by atoms with Crippen LogP contribution in [0.3, 0.4) is 0 Å². The number of carbonyl (C=O) groups excluding carboxylic acids is 2. The molecule has 0 bridgehead atoms. The smallest absolute Gasteiger partial charge is 0.224 e. The van der Waals surface area contributed by atoms with Crippen LogP contribution in [0, 0.1) is 0 Å². The summed E-state index contributed by atoms with van der Waals surface area (Å²) in [5.41, 5.74) is 2.01. The van der Waals surface area contributed by atoms with E-state index in [4.69, 9.17) is 0 Å². The summed E-state index contributed by atoms with van der Waals surface area (Å²) >= 11 is 0. The third-order valence-electron chi connectivity index (χ3n) is 5.65. The van der Waals surface area contributed by atoms with Crippen molar-refractivity contribution in [3.05, 3.63) is 24.3 Å². The minimum atomic E-state index is 0.0908. The molecule has 0 atom stereocenters. The van der Waals surface area contributed by atoms with Gasteiger partial charge in [0.2, 0.25) is 11.8 Å². The van der Waals surface area contributed by atoms with E-state index in [0.717, 1.165) is 63.2 Å². The Hall–Kier alpha value is -2.04. The molecule has 1 aromatic rings. The van der Waals surface area contributed by atoms with Gasteiger partial charge < -0.3 is 15.1 Å². The largest absolute Gasteiger partial charge is 0.368 e. The van der Waals surface area contributed by atoms with Gasteiger partial charge in [-0.3, -0.25) is 9.59 Å². The van der Waals surface area contributed by atoms with E-state index in [0.29, 0.717) is 18.7 Å².